The minimum atomic E-state index is -1.13. The molecule has 0 aromatic heterocycles. The Bertz CT molecular complexity index is 524. The van der Waals surface area contributed by atoms with Crippen molar-refractivity contribution in [3.63, 3.8) is 0 Å². The lowest BCUT2D eigenvalue weighted by molar-refractivity contribution is 0.0695. The third kappa shape index (κ3) is 2.81. The SMILES string of the molecule is CCN1CCN(c2ccc(C(=O)O)c(Br)c2F)CC1C. The van der Waals surface area contributed by atoms with Gasteiger partial charge in [0, 0.05) is 25.7 Å². The second kappa shape index (κ2) is 6.10. The molecular weight excluding hydrogens is 327 g/mol. The Morgan fingerprint density at radius 3 is 2.75 bits per heavy atom. The summed E-state index contributed by atoms with van der Waals surface area (Å²) in [5.74, 6) is -1.63. The van der Waals surface area contributed by atoms with Crippen LogP contribution < -0.4 is 4.90 Å². The zero-order valence-corrected chi connectivity index (χ0v) is 13.2. The molecule has 4 nitrogen and oxygen atoms in total. The van der Waals surface area contributed by atoms with Crippen LogP contribution in [0.5, 0.6) is 0 Å². The van der Waals surface area contributed by atoms with Crippen molar-refractivity contribution in [2.24, 2.45) is 0 Å². The molecule has 6 heteroatoms. The summed E-state index contributed by atoms with van der Waals surface area (Å²) in [5, 5.41) is 8.98. The van der Waals surface area contributed by atoms with Crippen LogP contribution >= 0.6 is 15.9 Å². The van der Waals surface area contributed by atoms with E-state index in [1.807, 2.05) is 4.90 Å². The molecule has 20 heavy (non-hydrogen) atoms. The third-order valence-corrected chi connectivity index (χ3v) is 4.58. The zero-order chi connectivity index (χ0) is 14.9. The summed E-state index contributed by atoms with van der Waals surface area (Å²) >= 11 is 3.05. The molecule has 0 bridgehead atoms. The minimum absolute atomic E-state index is 0.0214. The predicted octanol–water partition coefficient (Wildman–Crippen LogP) is 2.82. The molecule has 2 rings (SSSR count). The fraction of sp³-hybridized carbons (Fsp3) is 0.500. The van der Waals surface area contributed by atoms with E-state index in [0.717, 1.165) is 26.2 Å². The van der Waals surface area contributed by atoms with E-state index >= 15 is 0 Å². The smallest absolute Gasteiger partial charge is 0.336 e. The number of carboxylic acid groups (broad SMARTS) is 1. The summed E-state index contributed by atoms with van der Waals surface area (Å²) in [5.41, 5.74) is 0.413. The number of rotatable bonds is 3. The van der Waals surface area contributed by atoms with Gasteiger partial charge in [-0.1, -0.05) is 6.92 Å². The fourth-order valence-electron chi connectivity index (χ4n) is 2.63. The number of carbonyl (C=O) groups is 1. The monoisotopic (exact) mass is 344 g/mol. The van der Waals surface area contributed by atoms with Crippen LogP contribution in [-0.2, 0) is 0 Å². The van der Waals surface area contributed by atoms with Crippen LogP contribution in [0.1, 0.15) is 24.2 Å². The molecule has 1 fully saturated rings. The van der Waals surface area contributed by atoms with Gasteiger partial charge in [-0.3, -0.25) is 4.90 Å². The van der Waals surface area contributed by atoms with Gasteiger partial charge in [0.25, 0.3) is 0 Å². The molecule has 1 N–H and O–H groups in total. The van der Waals surface area contributed by atoms with Crippen LogP contribution in [-0.4, -0.2) is 48.2 Å². The number of hydrogen-bond acceptors (Lipinski definition) is 3. The molecule has 0 saturated carbocycles. The first-order valence-electron chi connectivity index (χ1n) is 6.66. The van der Waals surface area contributed by atoms with E-state index in [4.69, 9.17) is 5.11 Å². The lowest BCUT2D eigenvalue weighted by Gasteiger charge is -2.40. The van der Waals surface area contributed by atoms with Crippen molar-refractivity contribution in [1.29, 1.82) is 0 Å². The summed E-state index contributed by atoms with van der Waals surface area (Å²) in [6.45, 7) is 7.59. The maximum absolute atomic E-state index is 14.3. The van der Waals surface area contributed by atoms with Gasteiger partial charge in [-0.25, -0.2) is 9.18 Å². The molecule has 1 aliphatic rings. The van der Waals surface area contributed by atoms with Crippen LogP contribution in [0.3, 0.4) is 0 Å². The Kier molecular flexibility index (Phi) is 4.65. The number of anilines is 1. The number of benzene rings is 1. The summed E-state index contributed by atoms with van der Waals surface area (Å²) in [4.78, 5) is 15.3. The van der Waals surface area contributed by atoms with Crippen LogP contribution in [0.15, 0.2) is 16.6 Å². The van der Waals surface area contributed by atoms with Crippen LogP contribution in [0, 0.1) is 5.82 Å². The molecule has 1 aliphatic heterocycles. The quantitative estimate of drug-likeness (QED) is 0.915. The average Bonchev–Trinajstić information content (AvgIpc) is 2.41. The summed E-state index contributed by atoms with van der Waals surface area (Å²) in [7, 11) is 0. The van der Waals surface area contributed by atoms with Gasteiger partial charge < -0.3 is 10.0 Å². The summed E-state index contributed by atoms with van der Waals surface area (Å²) < 4.78 is 14.4. The van der Waals surface area contributed by atoms with E-state index in [1.165, 1.54) is 6.07 Å². The number of piperazine rings is 1. The largest absolute Gasteiger partial charge is 0.478 e. The van der Waals surface area contributed by atoms with E-state index in [9.17, 15) is 9.18 Å². The molecule has 0 spiro atoms. The first kappa shape index (κ1) is 15.3. The van der Waals surface area contributed by atoms with Gasteiger partial charge in [0.1, 0.15) is 0 Å². The maximum atomic E-state index is 14.3. The van der Waals surface area contributed by atoms with Crippen molar-refractivity contribution < 1.29 is 14.3 Å². The highest BCUT2D eigenvalue weighted by Gasteiger charge is 2.26. The second-order valence-electron chi connectivity index (χ2n) is 4.99. The van der Waals surface area contributed by atoms with E-state index in [-0.39, 0.29) is 10.0 Å². The number of likely N-dealkylation sites (N-methyl/N-ethyl adjacent to an activating group) is 1. The van der Waals surface area contributed by atoms with E-state index < -0.39 is 11.8 Å². The first-order valence-corrected chi connectivity index (χ1v) is 7.45. The van der Waals surface area contributed by atoms with Gasteiger partial charge in [-0.15, -0.1) is 0 Å². The third-order valence-electron chi connectivity index (χ3n) is 3.80. The number of nitrogens with zero attached hydrogens (tertiary/aromatic N) is 2. The lowest BCUT2D eigenvalue weighted by atomic mass is 10.1. The molecule has 1 aromatic carbocycles. The van der Waals surface area contributed by atoms with Crippen LogP contribution in [0.2, 0.25) is 0 Å². The number of carboxylic acids is 1. The minimum Gasteiger partial charge on any atom is -0.478 e. The van der Waals surface area contributed by atoms with Gasteiger partial charge in [-0.2, -0.15) is 0 Å². The van der Waals surface area contributed by atoms with Crippen LogP contribution in [0.4, 0.5) is 10.1 Å². The normalized spacial score (nSPS) is 20.2. The highest BCUT2D eigenvalue weighted by atomic mass is 79.9. The Balaban J connectivity index is 2.26. The average molecular weight is 345 g/mol. The zero-order valence-electron chi connectivity index (χ0n) is 11.6. The van der Waals surface area contributed by atoms with E-state index in [0.29, 0.717) is 11.7 Å². The Hall–Kier alpha value is -1.14. The van der Waals surface area contributed by atoms with E-state index in [2.05, 4.69) is 34.7 Å². The second-order valence-corrected chi connectivity index (χ2v) is 5.78. The molecule has 1 heterocycles. The number of aromatic carboxylic acids is 1. The van der Waals surface area contributed by atoms with Gasteiger partial charge in [-0.05, 0) is 41.5 Å². The molecule has 0 radical (unpaired) electrons. The van der Waals surface area contributed by atoms with E-state index in [1.54, 1.807) is 6.07 Å². The van der Waals surface area contributed by atoms with Gasteiger partial charge in [0.05, 0.1) is 15.7 Å². The van der Waals surface area contributed by atoms with Crippen molar-refractivity contribution in [3.05, 3.63) is 28.0 Å². The van der Waals surface area contributed by atoms with Crippen molar-refractivity contribution in [2.45, 2.75) is 19.9 Å². The fourth-order valence-corrected chi connectivity index (χ4v) is 3.14. The summed E-state index contributed by atoms with van der Waals surface area (Å²) in [6, 6.07) is 3.35. The Morgan fingerprint density at radius 1 is 1.50 bits per heavy atom. The highest BCUT2D eigenvalue weighted by molar-refractivity contribution is 9.10. The Morgan fingerprint density at radius 2 is 2.20 bits per heavy atom. The van der Waals surface area contributed by atoms with Gasteiger partial charge in [0.2, 0.25) is 0 Å². The lowest BCUT2D eigenvalue weighted by Crippen LogP contribution is -2.52. The standard InChI is InChI=1S/C14H18BrFN2O2/c1-3-17-6-7-18(8-9(17)2)11-5-4-10(14(19)20)12(15)13(11)16/h4-5,9H,3,6-8H2,1-2H3,(H,19,20). The van der Waals surface area contributed by atoms with Crippen LogP contribution in [0.25, 0.3) is 0 Å². The molecule has 110 valence electrons. The molecular formula is C14H18BrFN2O2. The van der Waals surface area contributed by atoms with Crippen molar-refractivity contribution in [2.75, 3.05) is 31.1 Å². The molecule has 0 amide bonds. The van der Waals surface area contributed by atoms with Gasteiger partial charge in [0.15, 0.2) is 5.82 Å². The number of hydrogen-bond donors (Lipinski definition) is 1. The van der Waals surface area contributed by atoms with Gasteiger partial charge >= 0.3 is 5.97 Å². The first-order chi connectivity index (χ1) is 9.45. The molecule has 0 aliphatic carbocycles. The molecule has 1 atom stereocenters. The summed E-state index contributed by atoms with van der Waals surface area (Å²) in [6.07, 6.45) is 0. The van der Waals surface area contributed by atoms with Crippen molar-refractivity contribution in [3.8, 4) is 0 Å². The van der Waals surface area contributed by atoms with Crippen molar-refractivity contribution in [1.82, 2.24) is 4.90 Å². The Labute approximate surface area is 126 Å². The highest BCUT2D eigenvalue weighted by Crippen LogP contribution is 2.30. The maximum Gasteiger partial charge on any atom is 0.336 e. The van der Waals surface area contributed by atoms with Crippen molar-refractivity contribution >= 4 is 27.6 Å². The topological polar surface area (TPSA) is 43.8 Å². The molecule has 1 aromatic rings. The predicted molar refractivity (Wildman–Crippen MR) is 80.0 cm³/mol. The molecule has 1 saturated heterocycles. The number of halogens is 2. The molecule has 1 unspecified atom stereocenters.